The lowest BCUT2D eigenvalue weighted by molar-refractivity contribution is 0.281. The molecule has 2 heteroatoms. The maximum absolute atomic E-state index is 8.80. The maximum Gasteiger partial charge on any atom is 0.0696 e. The zero-order chi connectivity index (χ0) is 8.97. The lowest BCUT2D eigenvalue weighted by Crippen LogP contribution is -1.94. The molecule has 0 bridgehead atoms. The SMILES string of the molecule is C=C(C)CCn1ccc(CO)c1. The number of hydrogen-bond donors (Lipinski definition) is 1. The third-order valence-corrected chi connectivity index (χ3v) is 1.79. The summed E-state index contributed by atoms with van der Waals surface area (Å²) >= 11 is 0. The predicted molar refractivity (Wildman–Crippen MR) is 49.8 cm³/mol. The standard InChI is InChI=1S/C10H15NO/c1-9(2)3-5-11-6-4-10(7-11)8-12/h4,6-7,12H,1,3,5,8H2,2H3. The number of nitrogens with zero attached hydrogens (tertiary/aromatic N) is 1. The van der Waals surface area contributed by atoms with E-state index < -0.39 is 0 Å². The molecule has 0 fully saturated rings. The van der Waals surface area contributed by atoms with Crippen LogP contribution in [0.5, 0.6) is 0 Å². The molecule has 0 aliphatic carbocycles. The van der Waals surface area contributed by atoms with Crippen molar-refractivity contribution in [2.45, 2.75) is 26.5 Å². The molecule has 12 heavy (non-hydrogen) atoms. The summed E-state index contributed by atoms with van der Waals surface area (Å²) in [5.41, 5.74) is 2.16. The van der Waals surface area contributed by atoms with Crippen molar-refractivity contribution in [2.75, 3.05) is 0 Å². The van der Waals surface area contributed by atoms with Gasteiger partial charge >= 0.3 is 0 Å². The van der Waals surface area contributed by atoms with E-state index in [4.69, 9.17) is 5.11 Å². The second kappa shape index (κ2) is 4.12. The summed E-state index contributed by atoms with van der Waals surface area (Å²) in [4.78, 5) is 0. The summed E-state index contributed by atoms with van der Waals surface area (Å²) in [6, 6.07) is 1.93. The highest BCUT2D eigenvalue weighted by atomic mass is 16.3. The summed E-state index contributed by atoms with van der Waals surface area (Å²) in [5.74, 6) is 0. The van der Waals surface area contributed by atoms with Crippen LogP contribution in [0.25, 0.3) is 0 Å². The van der Waals surface area contributed by atoms with Gasteiger partial charge in [0.25, 0.3) is 0 Å². The largest absolute Gasteiger partial charge is 0.392 e. The van der Waals surface area contributed by atoms with Crippen molar-refractivity contribution in [3.05, 3.63) is 36.2 Å². The fourth-order valence-corrected chi connectivity index (χ4v) is 1.04. The summed E-state index contributed by atoms with van der Waals surface area (Å²) < 4.78 is 2.07. The van der Waals surface area contributed by atoms with Crippen LogP contribution in [0.3, 0.4) is 0 Å². The quantitative estimate of drug-likeness (QED) is 0.678. The van der Waals surface area contributed by atoms with E-state index in [9.17, 15) is 0 Å². The molecule has 0 aliphatic heterocycles. The van der Waals surface area contributed by atoms with E-state index in [1.807, 2.05) is 25.4 Å². The Morgan fingerprint density at radius 3 is 2.92 bits per heavy atom. The van der Waals surface area contributed by atoms with E-state index in [2.05, 4.69) is 11.1 Å². The van der Waals surface area contributed by atoms with Crippen molar-refractivity contribution in [1.29, 1.82) is 0 Å². The van der Waals surface area contributed by atoms with Gasteiger partial charge in [0.2, 0.25) is 0 Å². The van der Waals surface area contributed by atoms with Crippen LogP contribution in [0.1, 0.15) is 18.9 Å². The van der Waals surface area contributed by atoms with Crippen LogP contribution in [0.15, 0.2) is 30.6 Å². The molecule has 0 saturated carbocycles. The third kappa shape index (κ3) is 2.55. The van der Waals surface area contributed by atoms with Crippen LogP contribution in [-0.2, 0) is 13.2 Å². The molecule has 0 atom stereocenters. The van der Waals surface area contributed by atoms with Crippen LogP contribution < -0.4 is 0 Å². The number of aromatic nitrogens is 1. The molecule has 1 rings (SSSR count). The Kier molecular flexibility index (Phi) is 3.11. The van der Waals surface area contributed by atoms with Gasteiger partial charge in [0, 0.05) is 18.9 Å². The monoisotopic (exact) mass is 165 g/mol. The highest BCUT2D eigenvalue weighted by Crippen LogP contribution is 2.04. The van der Waals surface area contributed by atoms with Crippen LogP contribution in [0.4, 0.5) is 0 Å². The Balaban J connectivity index is 2.47. The van der Waals surface area contributed by atoms with Gasteiger partial charge < -0.3 is 9.67 Å². The van der Waals surface area contributed by atoms with Crippen LogP contribution >= 0.6 is 0 Å². The third-order valence-electron chi connectivity index (χ3n) is 1.79. The number of aliphatic hydroxyl groups excluding tert-OH is 1. The van der Waals surface area contributed by atoms with Gasteiger partial charge in [0.1, 0.15) is 0 Å². The second-order valence-electron chi connectivity index (χ2n) is 3.12. The number of aliphatic hydroxyl groups is 1. The van der Waals surface area contributed by atoms with Gasteiger partial charge in [-0.3, -0.25) is 0 Å². The van der Waals surface area contributed by atoms with Crippen LogP contribution in [0.2, 0.25) is 0 Å². The summed E-state index contributed by atoms with van der Waals surface area (Å²) in [6.07, 6.45) is 4.94. The molecular formula is C10H15NO. The van der Waals surface area contributed by atoms with Crippen molar-refractivity contribution < 1.29 is 5.11 Å². The normalized spacial score (nSPS) is 10.2. The lowest BCUT2D eigenvalue weighted by atomic mass is 10.2. The number of aryl methyl sites for hydroxylation is 1. The van der Waals surface area contributed by atoms with E-state index in [0.29, 0.717) is 0 Å². The smallest absolute Gasteiger partial charge is 0.0696 e. The van der Waals surface area contributed by atoms with Crippen molar-refractivity contribution in [3.63, 3.8) is 0 Å². The van der Waals surface area contributed by atoms with Gasteiger partial charge in [-0.25, -0.2) is 0 Å². The Hall–Kier alpha value is -1.02. The molecule has 2 nitrogen and oxygen atoms in total. The van der Waals surface area contributed by atoms with E-state index in [0.717, 1.165) is 18.5 Å². The second-order valence-corrected chi connectivity index (χ2v) is 3.12. The molecule has 1 aromatic heterocycles. The van der Waals surface area contributed by atoms with Gasteiger partial charge in [0.15, 0.2) is 0 Å². The number of allylic oxidation sites excluding steroid dienone is 1. The van der Waals surface area contributed by atoms with E-state index in [1.54, 1.807) is 0 Å². The Bertz CT molecular complexity index is 263. The van der Waals surface area contributed by atoms with Crippen molar-refractivity contribution in [1.82, 2.24) is 4.57 Å². The lowest BCUT2D eigenvalue weighted by Gasteiger charge is -2.00. The average Bonchev–Trinajstić information content (AvgIpc) is 2.48. The fourth-order valence-electron chi connectivity index (χ4n) is 1.04. The van der Waals surface area contributed by atoms with Crippen LogP contribution in [0, 0.1) is 0 Å². The molecule has 0 radical (unpaired) electrons. The summed E-state index contributed by atoms with van der Waals surface area (Å²) in [7, 11) is 0. The first-order valence-corrected chi connectivity index (χ1v) is 4.12. The predicted octanol–water partition coefficient (Wildman–Crippen LogP) is 1.95. The first-order valence-electron chi connectivity index (χ1n) is 4.12. The molecule has 0 amide bonds. The van der Waals surface area contributed by atoms with E-state index in [1.165, 1.54) is 5.57 Å². The Labute approximate surface area is 73.1 Å². The van der Waals surface area contributed by atoms with Gasteiger partial charge in [-0.15, -0.1) is 6.58 Å². The highest BCUT2D eigenvalue weighted by Gasteiger charge is 1.94. The van der Waals surface area contributed by atoms with Gasteiger partial charge in [0.05, 0.1) is 6.61 Å². The Morgan fingerprint density at radius 2 is 2.42 bits per heavy atom. The van der Waals surface area contributed by atoms with Gasteiger partial charge in [-0.1, -0.05) is 5.57 Å². The van der Waals surface area contributed by atoms with E-state index in [-0.39, 0.29) is 6.61 Å². The molecule has 0 saturated heterocycles. The molecule has 0 aromatic carbocycles. The first kappa shape index (κ1) is 9.07. The van der Waals surface area contributed by atoms with Gasteiger partial charge in [-0.2, -0.15) is 0 Å². The molecule has 1 N–H and O–H groups in total. The number of hydrogen-bond acceptors (Lipinski definition) is 1. The Morgan fingerprint density at radius 1 is 1.67 bits per heavy atom. The topological polar surface area (TPSA) is 25.2 Å². The molecular weight excluding hydrogens is 150 g/mol. The summed E-state index contributed by atoms with van der Waals surface area (Å²) in [6.45, 7) is 6.94. The minimum Gasteiger partial charge on any atom is -0.392 e. The van der Waals surface area contributed by atoms with Crippen molar-refractivity contribution >= 4 is 0 Å². The highest BCUT2D eigenvalue weighted by molar-refractivity contribution is 5.08. The van der Waals surface area contributed by atoms with E-state index >= 15 is 0 Å². The molecule has 0 aliphatic rings. The average molecular weight is 165 g/mol. The fraction of sp³-hybridized carbons (Fsp3) is 0.400. The molecule has 0 unspecified atom stereocenters. The molecule has 66 valence electrons. The molecule has 1 heterocycles. The number of rotatable bonds is 4. The minimum atomic E-state index is 0.125. The van der Waals surface area contributed by atoms with Crippen molar-refractivity contribution in [3.8, 4) is 0 Å². The first-order chi connectivity index (χ1) is 5.72. The molecule has 1 aromatic rings. The van der Waals surface area contributed by atoms with Crippen LogP contribution in [-0.4, -0.2) is 9.67 Å². The zero-order valence-corrected chi connectivity index (χ0v) is 7.45. The van der Waals surface area contributed by atoms with Gasteiger partial charge in [-0.05, 0) is 25.0 Å². The maximum atomic E-state index is 8.80. The zero-order valence-electron chi connectivity index (χ0n) is 7.45. The molecule has 0 spiro atoms. The summed E-state index contributed by atoms with van der Waals surface area (Å²) in [5, 5.41) is 8.80. The van der Waals surface area contributed by atoms with Crippen molar-refractivity contribution in [2.24, 2.45) is 0 Å². The minimum absolute atomic E-state index is 0.125.